The van der Waals surface area contributed by atoms with Gasteiger partial charge in [-0.3, -0.25) is 4.79 Å². The highest BCUT2D eigenvalue weighted by Gasteiger charge is 2.27. The van der Waals surface area contributed by atoms with E-state index in [1.54, 1.807) is 13.0 Å². The van der Waals surface area contributed by atoms with Gasteiger partial charge in [0.2, 0.25) is 0 Å². The highest BCUT2D eigenvalue weighted by molar-refractivity contribution is 5.94. The highest BCUT2D eigenvalue weighted by Crippen LogP contribution is 2.27. The third-order valence-electron chi connectivity index (χ3n) is 2.84. The lowest BCUT2D eigenvalue weighted by molar-refractivity contribution is 0.0891. The number of carbonyl (C=O) groups excluding carboxylic acids is 1. The SMILES string of the molecule is Cc1cc(C(=O)NC(C)(C)CC(C)(C)C)ccc1F. The second kappa shape index (κ2) is 5.32. The first-order valence-electron chi connectivity index (χ1n) is 6.59. The Hall–Kier alpha value is -1.38. The van der Waals surface area contributed by atoms with Gasteiger partial charge in [-0.05, 0) is 56.4 Å². The Morgan fingerprint density at radius 3 is 2.26 bits per heavy atom. The van der Waals surface area contributed by atoms with E-state index in [1.165, 1.54) is 12.1 Å². The molecule has 1 aromatic rings. The molecule has 1 aromatic carbocycles. The summed E-state index contributed by atoms with van der Waals surface area (Å²) in [7, 11) is 0. The minimum Gasteiger partial charge on any atom is -0.347 e. The fraction of sp³-hybridized carbons (Fsp3) is 0.562. The van der Waals surface area contributed by atoms with Crippen LogP contribution in [0, 0.1) is 18.2 Å². The molecule has 0 aliphatic carbocycles. The first-order chi connectivity index (χ1) is 8.50. The Morgan fingerprint density at radius 1 is 1.21 bits per heavy atom. The molecular formula is C16H24FNO. The first-order valence-corrected chi connectivity index (χ1v) is 6.59. The van der Waals surface area contributed by atoms with Crippen molar-refractivity contribution in [3.05, 3.63) is 35.1 Å². The molecule has 0 saturated heterocycles. The third-order valence-corrected chi connectivity index (χ3v) is 2.84. The molecule has 0 unspecified atom stereocenters. The lowest BCUT2D eigenvalue weighted by Gasteiger charge is -2.33. The number of carbonyl (C=O) groups is 1. The van der Waals surface area contributed by atoms with Gasteiger partial charge in [-0.2, -0.15) is 0 Å². The third kappa shape index (κ3) is 5.01. The van der Waals surface area contributed by atoms with Gasteiger partial charge in [-0.1, -0.05) is 20.8 Å². The minimum absolute atomic E-state index is 0.134. The largest absolute Gasteiger partial charge is 0.347 e. The number of hydrogen-bond acceptors (Lipinski definition) is 1. The Kier molecular flexibility index (Phi) is 4.39. The highest BCUT2D eigenvalue weighted by atomic mass is 19.1. The first kappa shape index (κ1) is 15.7. The van der Waals surface area contributed by atoms with Crippen LogP contribution in [0.5, 0.6) is 0 Å². The van der Waals surface area contributed by atoms with Crippen LogP contribution in [0.3, 0.4) is 0 Å². The topological polar surface area (TPSA) is 29.1 Å². The van der Waals surface area contributed by atoms with Crippen LogP contribution in [0.25, 0.3) is 0 Å². The molecule has 106 valence electrons. The Morgan fingerprint density at radius 2 is 1.79 bits per heavy atom. The number of halogens is 1. The molecule has 0 aromatic heterocycles. The molecule has 0 aliphatic rings. The molecule has 3 heteroatoms. The molecule has 0 spiro atoms. The summed E-state index contributed by atoms with van der Waals surface area (Å²) < 4.78 is 13.2. The van der Waals surface area contributed by atoms with Gasteiger partial charge in [0.1, 0.15) is 5.82 Å². The Labute approximate surface area is 115 Å². The van der Waals surface area contributed by atoms with Crippen molar-refractivity contribution >= 4 is 5.91 Å². The van der Waals surface area contributed by atoms with E-state index in [0.29, 0.717) is 11.1 Å². The van der Waals surface area contributed by atoms with Gasteiger partial charge >= 0.3 is 0 Å². The van der Waals surface area contributed by atoms with E-state index in [2.05, 4.69) is 26.1 Å². The lowest BCUT2D eigenvalue weighted by Crippen LogP contribution is -2.45. The summed E-state index contributed by atoms with van der Waals surface area (Å²) in [6.45, 7) is 12.1. The molecule has 0 bridgehead atoms. The smallest absolute Gasteiger partial charge is 0.251 e. The van der Waals surface area contributed by atoms with Gasteiger partial charge in [0.05, 0.1) is 0 Å². The summed E-state index contributed by atoms with van der Waals surface area (Å²) in [5.74, 6) is -0.442. The molecule has 1 rings (SSSR count). The maximum atomic E-state index is 13.2. The molecule has 0 atom stereocenters. The number of amides is 1. The van der Waals surface area contributed by atoms with Crippen LogP contribution in [0.2, 0.25) is 0 Å². The average molecular weight is 265 g/mol. The Balaban J connectivity index is 2.81. The van der Waals surface area contributed by atoms with E-state index in [-0.39, 0.29) is 22.7 Å². The molecular weight excluding hydrogens is 241 g/mol. The van der Waals surface area contributed by atoms with Crippen LogP contribution in [-0.2, 0) is 0 Å². The zero-order chi connectivity index (χ0) is 14.8. The van der Waals surface area contributed by atoms with Gasteiger partial charge in [-0.15, -0.1) is 0 Å². The van der Waals surface area contributed by atoms with Crippen molar-refractivity contribution < 1.29 is 9.18 Å². The van der Waals surface area contributed by atoms with E-state index in [4.69, 9.17) is 0 Å². The molecule has 0 fully saturated rings. The second-order valence-corrected chi connectivity index (χ2v) is 7.04. The number of aryl methyl sites for hydroxylation is 1. The van der Waals surface area contributed by atoms with Crippen LogP contribution in [0.15, 0.2) is 18.2 Å². The molecule has 0 aliphatic heterocycles. The van der Waals surface area contributed by atoms with Crippen LogP contribution >= 0.6 is 0 Å². The van der Waals surface area contributed by atoms with Gasteiger partial charge in [0.15, 0.2) is 0 Å². The number of rotatable bonds is 3. The van der Waals surface area contributed by atoms with Crippen LogP contribution in [-0.4, -0.2) is 11.4 Å². The predicted molar refractivity (Wildman–Crippen MR) is 76.8 cm³/mol. The average Bonchev–Trinajstić information content (AvgIpc) is 2.17. The van der Waals surface area contributed by atoms with E-state index in [0.717, 1.165) is 6.42 Å². The molecule has 19 heavy (non-hydrogen) atoms. The van der Waals surface area contributed by atoms with E-state index in [1.807, 2.05) is 13.8 Å². The van der Waals surface area contributed by atoms with Crippen molar-refractivity contribution in [3.8, 4) is 0 Å². The van der Waals surface area contributed by atoms with Crippen molar-refractivity contribution in [2.75, 3.05) is 0 Å². The molecule has 1 amide bonds. The summed E-state index contributed by atoms with van der Waals surface area (Å²) in [6, 6.07) is 4.43. The maximum absolute atomic E-state index is 13.2. The molecule has 0 radical (unpaired) electrons. The fourth-order valence-corrected chi connectivity index (χ4v) is 2.54. The summed E-state index contributed by atoms with van der Waals surface area (Å²) in [6.07, 6.45) is 0.867. The van der Waals surface area contributed by atoms with Crippen LogP contribution in [0.1, 0.15) is 57.0 Å². The maximum Gasteiger partial charge on any atom is 0.251 e. The van der Waals surface area contributed by atoms with E-state index in [9.17, 15) is 9.18 Å². The molecule has 0 heterocycles. The molecule has 1 N–H and O–H groups in total. The monoisotopic (exact) mass is 265 g/mol. The summed E-state index contributed by atoms with van der Waals surface area (Å²) in [4.78, 5) is 12.2. The lowest BCUT2D eigenvalue weighted by atomic mass is 9.81. The van der Waals surface area contributed by atoms with Crippen molar-refractivity contribution in [1.29, 1.82) is 0 Å². The van der Waals surface area contributed by atoms with E-state index >= 15 is 0 Å². The molecule has 2 nitrogen and oxygen atoms in total. The second-order valence-electron chi connectivity index (χ2n) is 7.04. The van der Waals surface area contributed by atoms with Crippen molar-refractivity contribution in [2.45, 2.75) is 53.5 Å². The number of hydrogen-bond donors (Lipinski definition) is 1. The quantitative estimate of drug-likeness (QED) is 0.876. The summed E-state index contributed by atoms with van der Waals surface area (Å²) >= 11 is 0. The van der Waals surface area contributed by atoms with Gasteiger partial charge in [0.25, 0.3) is 5.91 Å². The van der Waals surface area contributed by atoms with Gasteiger partial charge < -0.3 is 5.32 Å². The van der Waals surface area contributed by atoms with Crippen LogP contribution < -0.4 is 5.32 Å². The zero-order valence-corrected chi connectivity index (χ0v) is 12.7. The zero-order valence-electron chi connectivity index (χ0n) is 12.7. The summed E-state index contributed by atoms with van der Waals surface area (Å²) in [5, 5.41) is 3.01. The fourth-order valence-electron chi connectivity index (χ4n) is 2.54. The van der Waals surface area contributed by atoms with Crippen molar-refractivity contribution in [1.82, 2.24) is 5.32 Å². The number of benzene rings is 1. The summed E-state index contributed by atoms with van der Waals surface area (Å²) in [5.41, 5.74) is 0.829. The van der Waals surface area contributed by atoms with Gasteiger partial charge in [-0.25, -0.2) is 4.39 Å². The Bertz CT molecular complexity index is 472. The molecule has 0 saturated carbocycles. The standard InChI is InChI=1S/C16H24FNO/c1-11-9-12(7-8-13(11)17)14(19)18-16(5,6)10-15(2,3)4/h7-9H,10H2,1-6H3,(H,18,19). The van der Waals surface area contributed by atoms with Crippen molar-refractivity contribution in [2.24, 2.45) is 5.41 Å². The number of nitrogens with one attached hydrogen (secondary N) is 1. The predicted octanol–water partition coefficient (Wildman–Crippen LogP) is 4.08. The normalized spacial score (nSPS) is 12.4. The van der Waals surface area contributed by atoms with E-state index < -0.39 is 0 Å². The minimum atomic E-state index is -0.294. The van der Waals surface area contributed by atoms with Crippen LogP contribution in [0.4, 0.5) is 4.39 Å². The van der Waals surface area contributed by atoms with Gasteiger partial charge in [0, 0.05) is 11.1 Å². The van der Waals surface area contributed by atoms with Crippen molar-refractivity contribution in [3.63, 3.8) is 0 Å².